The SMILES string of the molecule is C[C@@H]1CN(c2ccc(C(=O)Nc3cc(C(F)(F)F)c(Br)cc3Cl)cn2)[C@H](C)CN1C(=O)OC(C)(C)C. The zero-order valence-electron chi connectivity index (χ0n) is 20.4. The lowest BCUT2D eigenvalue weighted by Gasteiger charge is -2.44. The quantitative estimate of drug-likeness (QED) is 0.435. The molecule has 196 valence electrons. The molecule has 0 bridgehead atoms. The molecule has 12 heteroatoms. The lowest BCUT2D eigenvalue weighted by Crippen LogP contribution is -2.59. The highest BCUT2D eigenvalue weighted by molar-refractivity contribution is 9.10. The summed E-state index contributed by atoms with van der Waals surface area (Å²) in [4.78, 5) is 33.3. The van der Waals surface area contributed by atoms with E-state index >= 15 is 0 Å². The molecular formula is C24H27BrClF3N4O3. The maximum absolute atomic E-state index is 13.2. The lowest BCUT2D eigenvalue weighted by molar-refractivity contribution is -0.138. The molecule has 1 aliphatic rings. The predicted molar refractivity (Wildman–Crippen MR) is 136 cm³/mol. The molecule has 1 N–H and O–H groups in total. The van der Waals surface area contributed by atoms with Crippen LogP contribution in [-0.2, 0) is 10.9 Å². The number of alkyl halides is 3. The van der Waals surface area contributed by atoms with Gasteiger partial charge in [-0.05, 0) is 58.9 Å². The summed E-state index contributed by atoms with van der Waals surface area (Å²) >= 11 is 8.88. The third-order valence-electron chi connectivity index (χ3n) is 5.53. The van der Waals surface area contributed by atoms with Gasteiger partial charge in [0.1, 0.15) is 11.4 Å². The molecule has 2 atom stereocenters. The number of piperazine rings is 1. The van der Waals surface area contributed by atoms with Crippen molar-refractivity contribution < 1.29 is 27.5 Å². The first-order valence-corrected chi connectivity index (χ1v) is 12.3. The van der Waals surface area contributed by atoms with Crippen molar-refractivity contribution in [3.63, 3.8) is 0 Å². The summed E-state index contributed by atoms with van der Waals surface area (Å²) < 4.78 is 44.9. The fourth-order valence-corrected chi connectivity index (χ4v) is 4.68. The number of carbonyl (C=O) groups excluding carboxylic acids is 2. The summed E-state index contributed by atoms with van der Waals surface area (Å²) in [6.07, 6.45) is -3.64. The van der Waals surface area contributed by atoms with Gasteiger partial charge in [-0.15, -0.1) is 0 Å². The molecule has 2 amide bonds. The molecule has 3 rings (SSSR count). The molecule has 0 aliphatic carbocycles. The average Bonchev–Trinajstić information content (AvgIpc) is 2.75. The topological polar surface area (TPSA) is 74.8 Å². The van der Waals surface area contributed by atoms with Crippen molar-refractivity contribution in [3.8, 4) is 0 Å². The molecule has 0 radical (unpaired) electrons. The number of pyridine rings is 1. The maximum Gasteiger partial charge on any atom is 0.417 e. The van der Waals surface area contributed by atoms with Gasteiger partial charge in [-0.25, -0.2) is 9.78 Å². The molecule has 36 heavy (non-hydrogen) atoms. The van der Waals surface area contributed by atoms with Crippen LogP contribution in [0.15, 0.2) is 34.9 Å². The fourth-order valence-electron chi connectivity index (χ4n) is 3.77. The number of anilines is 2. The Morgan fingerprint density at radius 1 is 1.14 bits per heavy atom. The highest BCUT2D eigenvalue weighted by Gasteiger charge is 2.36. The summed E-state index contributed by atoms with van der Waals surface area (Å²) in [6, 6.07) is 4.85. The minimum Gasteiger partial charge on any atom is -0.444 e. The molecule has 0 saturated carbocycles. The van der Waals surface area contributed by atoms with Gasteiger partial charge in [-0.2, -0.15) is 13.2 Å². The maximum atomic E-state index is 13.2. The number of nitrogens with one attached hydrogen (secondary N) is 1. The van der Waals surface area contributed by atoms with Gasteiger partial charge >= 0.3 is 12.3 Å². The smallest absolute Gasteiger partial charge is 0.417 e. The van der Waals surface area contributed by atoms with Crippen LogP contribution >= 0.6 is 27.5 Å². The molecule has 1 saturated heterocycles. The second-order valence-corrected chi connectivity index (χ2v) is 10.9. The third-order valence-corrected chi connectivity index (χ3v) is 6.50. The number of hydrogen-bond donors (Lipinski definition) is 1. The number of nitrogens with zero attached hydrogens (tertiary/aromatic N) is 3. The monoisotopic (exact) mass is 590 g/mol. The zero-order valence-corrected chi connectivity index (χ0v) is 22.8. The Bertz CT molecular complexity index is 1140. The van der Waals surface area contributed by atoms with Gasteiger partial charge < -0.3 is 19.9 Å². The molecule has 1 aliphatic heterocycles. The summed E-state index contributed by atoms with van der Waals surface area (Å²) in [7, 11) is 0. The first kappa shape index (κ1) is 28.0. The Balaban J connectivity index is 1.71. The standard InChI is InChI=1S/C24H27BrClF3N4O3/c1-13-12-33(22(35)36-23(3,4)5)14(2)11-32(13)20-7-6-15(10-30-20)21(34)31-19-8-16(24(27,28)29)17(25)9-18(19)26/h6-10,13-14H,11-12H2,1-5H3,(H,31,34)/t13-,14-/m1/s1. The summed E-state index contributed by atoms with van der Waals surface area (Å²) in [5, 5.41) is 2.37. The van der Waals surface area contributed by atoms with Crippen LogP contribution in [0, 0.1) is 0 Å². The van der Waals surface area contributed by atoms with Crippen molar-refractivity contribution >= 4 is 51.0 Å². The highest BCUT2D eigenvalue weighted by atomic mass is 79.9. The van der Waals surface area contributed by atoms with Gasteiger partial charge in [-0.1, -0.05) is 27.5 Å². The van der Waals surface area contributed by atoms with E-state index in [-0.39, 0.29) is 38.9 Å². The number of benzene rings is 1. The van der Waals surface area contributed by atoms with Crippen LogP contribution in [0.5, 0.6) is 0 Å². The van der Waals surface area contributed by atoms with E-state index in [0.717, 1.165) is 12.1 Å². The fraction of sp³-hybridized carbons (Fsp3) is 0.458. The van der Waals surface area contributed by atoms with Crippen molar-refractivity contribution in [2.45, 2.75) is 58.5 Å². The van der Waals surface area contributed by atoms with E-state index in [1.807, 2.05) is 39.5 Å². The van der Waals surface area contributed by atoms with Gasteiger partial charge in [0.15, 0.2) is 0 Å². The average molecular weight is 592 g/mol. The van der Waals surface area contributed by atoms with Gasteiger partial charge in [0.25, 0.3) is 5.91 Å². The van der Waals surface area contributed by atoms with Crippen molar-refractivity contribution in [1.29, 1.82) is 0 Å². The number of aromatic nitrogens is 1. The second kappa shape index (κ2) is 10.5. The van der Waals surface area contributed by atoms with E-state index in [2.05, 4.69) is 26.2 Å². The van der Waals surface area contributed by atoms with Gasteiger partial charge in [-0.3, -0.25) is 4.79 Å². The number of halogens is 5. The summed E-state index contributed by atoms with van der Waals surface area (Å²) in [5.74, 6) is -0.0432. The molecule has 1 aromatic heterocycles. The van der Waals surface area contributed by atoms with Crippen molar-refractivity contribution in [1.82, 2.24) is 9.88 Å². The van der Waals surface area contributed by atoms with Crippen molar-refractivity contribution in [2.75, 3.05) is 23.3 Å². The molecule has 1 fully saturated rings. The van der Waals surface area contributed by atoms with E-state index in [4.69, 9.17) is 16.3 Å². The van der Waals surface area contributed by atoms with Crippen molar-refractivity contribution in [3.05, 3.63) is 51.1 Å². The Morgan fingerprint density at radius 3 is 2.36 bits per heavy atom. The number of hydrogen-bond acceptors (Lipinski definition) is 5. The predicted octanol–water partition coefficient (Wildman–Crippen LogP) is 6.60. The number of carbonyl (C=O) groups is 2. The van der Waals surface area contributed by atoms with Crippen molar-refractivity contribution in [2.24, 2.45) is 0 Å². The first-order valence-electron chi connectivity index (χ1n) is 11.2. The molecular weight excluding hydrogens is 565 g/mol. The lowest BCUT2D eigenvalue weighted by atomic mass is 10.1. The van der Waals surface area contributed by atoms with Crippen LogP contribution in [0.3, 0.4) is 0 Å². The Labute approximate surface area is 221 Å². The normalized spacial score (nSPS) is 18.7. The van der Waals surface area contributed by atoms with Crippen LogP contribution < -0.4 is 10.2 Å². The van der Waals surface area contributed by atoms with E-state index in [1.165, 1.54) is 12.3 Å². The molecule has 2 heterocycles. The second-order valence-electron chi connectivity index (χ2n) is 9.65. The van der Waals surface area contributed by atoms with Gasteiger partial charge in [0.2, 0.25) is 0 Å². The Kier molecular flexibility index (Phi) is 8.14. The van der Waals surface area contributed by atoms with E-state index in [9.17, 15) is 22.8 Å². The Morgan fingerprint density at radius 2 is 1.81 bits per heavy atom. The minimum atomic E-state index is -4.62. The Hall–Kier alpha value is -2.53. The molecule has 0 spiro atoms. The zero-order chi connectivity index (χ0) is 27.0. The highest BCUT2D eigenvalue weighted by Crippen LogP contribution is 2.39. The van der Waals surface area contributed by atoms with E-state index in [1.54, 1.807) is 11.0 Å². The van der Waals surface area contributed by atoms with Gasteiger partial charge in [0.05, 0.1) is 21.8 Å². The molecule has 0 unspecified atom stereocenters. The number of ether oxygens (including phenoxy) is 1. The van der Waals surface area contributed by atoms with Crippen LogP contribution in [0.4, 0.5) is 29.5 Å². The van der Waals surface area contributed by atoms with E-state index < -0.39 is 23.2 Å². The largest absolute Gasteiger partial charge is 0.444 e. The molecule has 2 aromatic rings. The molecule has 7 nitrogen and oxygen atoms in total. The molecule has 1 aromatic carbocycles. The first-order chi connectivity index (χ1) is 16.6. The van der Waals surface area contributed by atoms with Crippen LogP contribution in [0.1, 0.15) is 50.5 Å². The summed E-state index contributed by atoms with van der Waals surface area (Å²) in [6.45, 7) is 10.3. The third kappa shape index (κ3) is 6.61. The van der Waals surface area contributed by atoms with Gasteiger partial charge in [0, 0.05) is 35.8 Å². The number of amides is 2. The van der Waals surface area contributed by atoms with Crippen LogP contribution in [-0.4, -0.2) is 52.7 Å². The van der Waals surface area contributed by atoms with Crippen LogP contribution in [0.25, 0.3) is 0 Å². The van der Waals surface area contributed by atoms with Crippen LogP contribution in [0.2, 0.25) is 5.02 Å². The number of rotatable bonds is 3. The van der Waals surface area contributed by atoms with E-state index in [0.29, 0.717) is 18.9 Å². The minimum absolute atomic E-state index is 0.0431. The summed E-state index contributed by atoms with van der Waals surface area (Å²) in [5.41, 5.74) is -1.56.